The summed E-state index contributed by atoms with van der Waals surface area (Å²) in [6, 6.07) is 7.97. The molecule has 2 heterocycles. The highest BCUT2D eigenvalue weighted by Gasteiger charge is 2.34. The lowest BCUT2D eigenvalue weighted by molar-refractivity contribution is -0.136. The number of aliphatic hydroxyl groups is 1. The molecule has 33 heavy (non-hydrogen) atoms. The number of rotatable bonds is 12. The molecule has 5 nitrogen and oxygen atoms in total. The van der Waals surface area contributed by atoms with E-state index in [1.807, 2.05) is 11.0 Å². The van der Waals surface area contributed by atoms with Gasteiger partial charge in [0.05, 0.1) is 18.7 Å². The molecule has 1 fully saturated rings. The maximum atomic E-state index is 13.6. The third-order valence-corrected chi connectivity index (χ3v) is 7.36. The summed E-state index contributed by atoms with van der Waals surface area (Å²) in [5.74, 6) is 0.800. The molecule has 2 atom stereocenters. The second-order valence-corrected chi connectivity index (χ2v) is 10.1. The average Bonchev–Trinajstić information content (AvgIpc) is 3.47. The Labute approximate surface area is 199 Å². The smallest absolute Gasteiger partial charge is 0.237 e. The zero-order valence-electron chi connectivity index (χ0n) is 19.0. The molecule has 1 aromatic carbocycles. The van der Waals surface area contributed by atoms with E-state index in [2.05, 4.69) is 22.9 Å². The standard InChI is InChI=1S/C26H33FN2O3S/c1-2-3-6-21(30)16-28(15-19-8-9-19)17-26(31)29-12-10-25-23(11-13-33-25)24(29)18-32-22-7-4-5-20(27)14-22/h2,4-5,7,11,13-14,19,21,24,30H,1,3,6,8-10,12,15-18H2/t21-,24+/m1/s1. The zero-order valence-corrected chi connectivity index (χ0v) is 19.8. The van der Waals surface area contributed by atoms with E-state index in [0.717, 1.165) is 24.9 Å². The first-order chi connectivity index (χ1) is 16.0. The van der Waals surface area contributed by atoms with Crippen LogP contribution in [0.4, 0.5) is 4.39 Å². The molecule has 0 spiro atoms. The number of aliphatic hydroxyl groups excluding tert-OH is 1. The first kappa shape index (κ1) is 23.9. The van der Waals surface area contributed by atoms with E-state index in [9.17, 15) is 14.3 Å². The van der Waals surface area contributed by atoms with Gasteiger partial charge in [-0.05, 0) is 67.2 Å². The van der Waals surface area contributed by atoms with Crippen molar-refractivity contribution in [3.05, 3.63) is 64.6 Å². The van der Waals surface area contributed by atoms with Gasteiger partial charge in [0.2, 0.25) is 5.91 Å². The number of nitrogens with zero attached hydrogens (tertiary/aromatic N) is 2. The van der Waals surface area contributed by atoms with Crippen molar-refractivity contribution in [2.75, 3.05) is 32.8 Å². The number of carbonyl (C=O) groups excluding carboxylic acids is 1. The minimum Gasteiger partial charge on any atom is -0.491 e. The minimum absolute atomic E-state index is 0.0521. The lowest BCUT2D eigenvalue weighted by Crippen LogP contribution is -2.48. The maximum absolute atomic E-state index is 13.6. The highest BCUT2D eigenvalue weighted by Crippen LogP contribution is 2.34. The van der Waals surface area contributed by atoms with Crippen LogP contribution in [0, 0.1) is 11.7 Å². The summed E-state index contributed by atoms with van der Waals surface area (Å²) in [5.41, 5.74) is 1.12. The number of ether oxygens (including phenoxy) is 1. The fourth-order valence-electron chi connectivity index (χ4n) is 4.46. The van der Waals surface area contributed by atoms with Gasteiger partial charge >= 0.3 is 0 Å². The van der Waals surface area contributed by atoms with Gasteiger partial charge in [-0.3, -0.25) is 9.69 Å². The fourth-order valence-corrected chi connectivity index (χ4v) is 5.39. The van der Waals surface area contributed by atoms with Crippen molar-refractivity contribution in [2.24, 2.45) is 5.92 Å². The van der Waals surface area contributed by atoms with Gasteiger partial charge in [-0.1, -0.05) is 12.1 Å². The molecule has 0 radical (unpaired) electrons. The van der Waals surface area contributed by atoms with E-state index in [-0.39, 0.29) is 30.9 Å². The van der Waals surface area contributed by atoms with E-state index in [0.29, 0.717) is 31.2 Å². The quantitative estimate of drug-likeness (QED) is 0.465. The van der Waals surface area contributed by atoms with Crippen LogP contribution < -0.4 is 4.74 Å². The van der Waals surface area contributed by atoms with Gasteiger partial charge in [0.1, 0.15) is 18.2 Å². The Kier molecular flexibility index (Phi) is 8.17. The second kappa shape index (κ2) is 11.3. The number of halogens is 1. The van der Waals surface area contributed by atoms with Gasteiger partial charge in [0, 0.05) is 30.6 Å². The van der Waals surface area contributed by atoms with E-state index in [1.165, 1.54) is 29.9 Å². The molecule has 0 bridgehead atoms. The second-order valence-electron chi connectivity index (χ2n) is 9.08. The van der Waals surface area contributed by atoms with Crippen molar-refractivity contribution in [3.8, 4) is 5.75 Å². The number of thiophene rings is 1. The van der Waals surface area contributed by atoms with Crippen LogP contribution in [0.1, 0.15) is 42.2 Å². The molecule has 4 rings (SSSR count). The maximum Gasteiger partial charge on any atom is 0.237 e. The number of fused-ring (bicyclic) bond motifs is 1. The number of carbonyl (C=O) groups is 1. The van der Waals surface area contributed by atoms with E-state index >= 15 is 0 Å². The summed E-state index contributed by atoms with van der Waals surface area (Å²) in [4.78, 5) is 18.8. The van der Waals surface area contributed by atoms with Crippen LogP contribution in [0.3, 0.4) is 0 Å². The molecule has 1 aliphatic heterocycles. The Balaban J connectivity index is 1.44. The Morgan fingerprint density at radius 3 is 3.00 bits per heavy atom. The molecule has 2 aliphatic rings. The molecule has 178 valence electrons. The Hall–Kier alpha value is -2.22. The van der Waals surface area contributed by atoms with Crippen molar-refractivity contribution in [3.63, 3.8) is 0 Å². The van der Waals surface area contributed by atoms with Gasteiger partial charge in [-0.25, -0.2) is 4.39 Å². The molecule has 1 aromatic heterocycles. The fraction of sp³-hybridized carbons (Fsp3) is 0.500. The van der Waals surface area contributed by atoms with Crippen LogP contribution in [0.25, 0.3) is 0 Å². The zero-order chi connectivity index (χ0) is 23.2. The summed E-state index contributed by atoms with van der Waals surface area (Å²) in [6.07, 6.45) is 5.99. The van der Waals surface area contributed by atoms with Crippen LogP contribution in [0.2, 0.25) is 0 Å². The number of amides is 1. The molecular weight excluding hydrogens is 439 g/mol. The van der Waals surface area contributed by atoms with Crippen LogP contribution in [0.5, 0.6) is 5.75 Å². The van der Waals surface area contributed by atoms with Crippen LogP contribution >= 0.6 is 11.3 Å². The largest absolute Gasteiger partial charge is 0.491 e. The molecule has 7 heteroatoms. The normalized spacial score (nSPS) is 18.8. The lowest BCUT2D eigenvalue weighted by atomic mass is 10.0. The van der Waals surface area contributed by atoms with Gasteiger partial charge < -0.3 is 14.7 Å². The van der Waals surface area contributed by atoms with E-state index in [1.54, 1.807) is 23.5 Å². The molecular formula is C26H33FN2O3S. The number of hydrogen-bond acceptors (Lipinski definition) is 5. The van der Waals surface area contributed by atoms with Crippen molar-refractivity contribution < 1.29 is 19.0 Å². The number of benzene rings is 1. The Morgan fingerprint density at radius 1 is 1.39 bits per heavy atom. The van der Waals surface area contributed by atoms with Crippen LogP contribution in [-0.4, -0.2) is 59.7 Å². The van der Waals surface area contributed by atoms with Crippen LogP contribution in [0.15, 0.2) is 48.4 Å². The third-order valence-electron chi connectivity index (χ3n) is 6.36. The monoisotopic (exact) mass is 472 g/mol. The first-order valence-electron chi connectivity index (χ1n) is 11.8. The number of hydrogen-bond donors (Lipinski definition) is 1. The highest BCUT2D eigenvalue weighted by atomic mass is 32.1. The number of allylic oxidation sites excluding steroid dienone is 1. The molecule has 0 saturated heterocycles. The van der Waals surface area contributed by atoms with Crippen molar-refractivity contribution >= 4 is 17.2 Å². The van der Waals surface area contributed by atoms with Crippen molar-refractivity contribution in [1.29, 1.82) is 0 Å². The predicted molar refractivity (Wildman–Crippen MR) is 129 cm³/mol. The average molecular weight is 473 g/mol. The molecule has 2 aromatic rings. The SMILES string of the molecule is C=CCC[C@@H](O)CN(CC(=O)N1CCc2sccc2[C@@H]1COc1cccc(F)c1)CC1CC1. The molecule has 1 amide bonds. The van der Waals surface area contributed by atoms with Crippen molar-refractivity contribution in [2.45, 2.75) is 44.2 Å². The molecule has 1 aliphatic carbocycles. The van der Waals surface area contributed by atoms with Crippen LogP contribution in [-0.2, 0) is 11.2 Å². The summed E-state index contributed by atoms with van der Waals surface area (Å²) in [5, 5.41) is 12.5. The molecule has 1 saturated carbocycles. The van der Waals surface area contributed by atoms with E-state index < -0.39 is 6.10 Å². The summed E-state index contributed by atoms with van der Waals surface area (Å²) in [6.45, 7) is 6.28. The lowest BCUT2D eigenvalue weighted by Gasteiger charge is -2.37. The van der Waals surface area contributed by atoms with Gasteiger partial charge in [0.25, 0.3) is 0 Å². The Morgan fingerprint density at radius 2 is 2.24 bits per heavy atom. The van der Waals surface area contributed by atoms with E-state index in [4.69, 9.17) is 4.74 Å². The van der Waals surface area contributed by atoms with Crippen molar-refractivity contribution in [1.82, 2.24) is 9.80 Å². The first-order valence-corrected chi connectivity index (χ1v) is 12.7. The highest BCUT2D eigenvalue weighted by molar-refractivity contribution is 7.10. The Bertz CT molecular complexity index is 945. The predicted octanol–water partition coefficient (Wildman–Crippen LogP) is 4.43. The summed E-state index contributed by atoms with van der Waals surface area (Å²) >= 11 is 1.71. The summed E-state index contributed by atoms with van der Waals surface area (Å²) in [7, 11) is 0. The van der Waals surface area contributed by atoms with Gasteiger partial charge in [0.15, 0.2) is 0 Å². The van der Waals surface area contributed by atoms with Gasteiger partial charge in [-0.15, -0.1) is 17.9 Å². The minimum atomic E-state index is -0.466. The van der Waals surface area contributed by atoms with Gasteiger partial charge in [-0.2, -0.15) is 0 Å². The topological polar surface area (TPSA) is 53.0 Å². The summed E-state index contributed by atoms with van der Waals surface area (Å²) < 4.78 is 19.5. The third kappa shape index (κ3) is 6.65. The molecule has 0 unspecified atom stereocenters. The molecule has 1 N–H and O–H groups in total.